The summed E-state index contributed by atoms with van der Waals surface area (Å²) in [5.41, 5.74) is 2.22. The Morgan fingerprint density at radius 3 is 2.36 bits per heavy atom. The number of anilines is 2. The quantitative estimate of drug-likeness (QED) is 0.635. The van der Waals surface area contributed by atoms with Crippen molar-refractivity contribution in [2.45, 2.75) is 11.5 Å². The van der Waals surface area contributed by atoms with Crippen LogP contribution in [0.5, 0.6) is 0 Å². The van der Waals surface area contributed by atoms with E-state index in [2.05, 4.69) is 10.0 Å². The lowest BCUT2D eigenvalue weighted by Crippen LogP contribution is -2.15. The Morgan fingerprint density at radius 2 is 1.61 bits per heavy atom. The number of ether oxygens (including phenoxy) is 1. The molecule has 6 nitrogen and oxygen atoms in total. The largest absolute Gasteiger partial charge is 0.380 e. The van der Waals surface area contributed by atoms with Crippen LogP contribution in [0.2, 0.25) is 0 Å². The van der Waals surface area contributed by atoms with Crippen LogP contribution in [0.4, 0.5) is 11.4 Å². The van der Waals surface area contributed by atoms with E-state index in [1.54, 1.807) is 49.6 Å². The van der Waals surface area contributed by atoms with E-state index in [4.69, 9.17) is 4.74 Å². The average molecular weight is 396 g/mol. The lowest BCUT2D eigenvalue weighted by Gasteiger charge is -2.10. The number of carbonyl (C=O) groups is 1. The molecule has 0 aliphatic rings. The van der Waals surface area contributed by atoms with E-state index in [1.165, 1.54) is 18.2 Å². The smallest absolute Gasteiger partial charge is 0.261 e. The molecular weight excluding hydrogens is 376 g/mol. The minimum absolute atomic E-state index is 0.153. The summed E-state index contributed by atoms with van der Waals surface area (Å²) >= 11 is 0. The molecule has 0 aliphatic carbocycles. The van der Waals surface area contributed by atoms with Crippen molar-refractivity contribution in [3.8, 4) is 0 Å². The van der Waals surface area contributed by atoms with E-state index in [-0.39, 0.29) is 10.8 Å². The molecule has 0 atom stereocenters. The number of methoxy groups -OCH3 is 1. The predicted molar refractivity (Wildman–Crippen MR) is 109 cm³/mol. The normalized spacial score (nSPS) is 11.0. The second-order valence-corrected chi connectivity index (χ2v) is 7.77. The van der Waals surface area contributed by atoms with Crippen LogP contribution in [0.25, 0.3) is 0 Å². The van der Waals surface area contributed by atoms with Gasteiger partial charge in [0.2, 0.25) is 0 Å². The molecule has 0 heterocycles. The van der Waals surface area contributed by atoms with E-state index in [0.29, 0.717) is 23.5 Å². The standard InChI is InChI=1S/C21H20N2O4S/c1-27-15-16-7-5-9-18(13-16)22-21(24)17-8-6-10-19(14-17)23-28(25,26)20-11-3-2-4-12-20/h2-14,23H,15H2,1H3,(H,22,24). The molecule has 3 aromatic carbocycles. The molecule has 0 radical (unpaired) electrons. The second kappa shape index (κ2) is 8.69. The fourth-order valence-electron chi connectivity index (χ4n) is 2.65. The summed E-state index contributed by atoms with van der Waals surface area (Å²) in [7, 11) is -2.12. The first-order chi connectivity index (χ1) is 13.5. The van der Waals surface area contributed by atoms with Gasteiger partial charge in [0, 0.05) is 24.0 Å². The summed E-state index contributed by atoms with van der Waals surface area (Å²) in [4.78, 5) is 12.7. The van der Waals surface area contributed by atoms with Gasteiger partial charge in [0.15, 0.2) is 0 Å². The molecule has 1 amide bonds. The zero-order chi connectivity index (χ0) is 20.0. The summed E-state index contributed by atoms with van der Waals surface area (Å²) in [6.45, 7) is 0.445. The number of amides is 1. The highest BCUT2D eigenvalue weighted by molar-refractivity contribution is 7.92. The number of hydrogen-bond donors (Lipinski definition) is 2. The van der Waals surface area contributed by atoms with Gasteiger partial charge < -0.3 is 10.1 Å². The highest BCUT2D eigenvalue weighted by Crippen LogP contribution is 2.18. The van der Waals surface area contributed by atoms with Crippen molar-refractivity contribution in [2.24, 2.45) is 0 Å². The van der Waals surface area contributed by atoms with Gasteiger partial charge >= 0.3 is 0 Å². The van der Waals surface area contributed by atoms with Crippen LogP contribution < -0.4 is 10.0 Å². The Bertz CT molecular complexity index is 1070. The number of nitrogens with one attached hydrogen (secondary N) is 2. The van der Waals surface area contributed by atoms with Crippen LogP contribution in [0.1, 0.15) is 15.9 Å². The maximum absolute atomic E-state index is 12.6. The Balaban J connectivity index is 1.76. The Morgan fingerprint density at radius 1 is 0.893 bits per heavy atom. The van der Waals surface area contributed by atoms with Gasteiger partial charge in [-0.25, -0.2) is 8.42 Å². The van der Waals surface area contributed by atoms with Gasteiger partial charge in [0.25, 0.3) is 15.9 Å². The van der Waals surface area contributed by atoms with E-state index in [9.17, 15) is 13.2 Å². The molecule has 28 heavy (non-hydrogen) atoms. The van der Waals surface area contributed by atoms with Crippen LogP contribution in [0, 0.1) is 0 Å². The van der Waals surface area contributed by atoms with Crippen molar-refractivity contribution >= 4 is 27.3 Å². The van der Waals surface area contributed by atoms with Gasteiger partial charge in [-0.05, 0) is 48.0 Å². The van der Waals surface area contributed by atoms with Gasteiger partial charge in [-0.2, -0.15) is 0 Å². The van der Waals surface area contributed by atoms with E-state index < -0.39 is 10.0 Å². The zero-order valence-corrected chi connectivity index (χ0v) is 16.1. The Kier molecular flexibility index (Phi) is 6.08. The van der Waals surface area contributed by atoms with Gasteiger partial charge in [-0.3, -0.25) is 9.52 Å². The summed E-state index contributed by atoms with van der Waals surface area (Å²) in [6, 6.07) is 21.7. The lowest BCUT2D eigenvalue weighted by atomic mass is 10.1. The van der Waals surface area contributed by atoms with Crippen molar-refractivity contribution in [3.63, 3.8) is 0 Å². The van der Waals surface area contributed by atoms with Gasteiger partial charge in [0.05, 0.1) is 11.5 Å². The number of rotatable bonds is 7. The Hall–Kier alpha value is -3.16. The predicted octanol–water partition coefficient (Wildman–Crippen LogP) is 3.89. The summed E-state index contributed by atoms with van der Waals surface area (Å²) in [5, 5.41) is 2.81. The fraction of sp³-hybridized carbons (Fsp3) is 0.0952. The molecule has 0 fully saturated rings. The zero-order valence-electron chi connectivity index (χ0n) is 15.3. The van der Waals surface area contributed by atoms with Crippen molar-refractivity contribution in [3.05, 3.63) is 90.0 Å². The number of hydrogen-bond acceptors (Lipinski definition) is 4. The molecule has 0 aromatic heterocycles. The fourth-order valence-corrected chi connectivity index (χ4v) is 3.72. The van der Waals surface area contributed by atoms with Crippen LogP contribution in [0.3, 0.4) is 0 Å². The molecule has 0 saturated carbocycles. The average Bonchev–Trinajstić information content (AvgIpc) is 2.69. The third kappa shape index (κ3) is 4.97. The van der Waals surface area contributed by atoms with Gasteiger partial charge in [-0.15, -0.1) is 0 Å². The van der Waals surface area contributed by atoms with Crippen molar-refractivity contribution < 1.29 is 17.9 Å². The Labute approximate surface area is 164 Å². The second-order valence-electron chi connectivity index (χ2n) is 6.09. The third-order valence-corrected chi connectivity index (χ3v) is 5.32. The van der Waals surface area contributed by atoms with E-state index in [1.807, 2.05) is 18.2 Å². The lowest BCUT2D eigenvalue weighted by molar-refractivity contribution is 0.102. The summed E-state index contributed by atoms with van der Waals surface area (Å²) in [5.74, 6) is -0.338. The summed E-state index contributed by atoms with van der Waals surface area (Å²) in [6.07, 6.45) is 0. The molecule has 0 unspecified atom stereocenters. The summed E-state index contributed by atoms with van der Waals surface area (Å²) < 4.78 is 32.5. The van der Waals surface area contributed by atoms with Gasteiger partial charge in [-0.1, -0.05) is 36.4 Å². The number of sulfonamides is 1. The number of benzene rings is 3. The molecular formula is C21H20N2O4S. The molecule has 0 aliphatic heterocycles. The number of carbonyl (C=O) groups excluding carboxylic acids is 1. The molecule has 0 saturated heterocycles. The minimum Gasteiger partial charge on any atom is -0.380 e. The third-order valence-electron chi connectivity index (χ3n) is 3.93. The first-order valence-corrected chi connectivity index (χ1v) is 10.0. The molecule has 2 N–H and O–H groups in total. The van der Waals surface area contributed by atoms with Crippen molar-refractivity contribution in [1.82, 2.24) is 0 Å². The SMILES string of the molecule is COCc1cccc(NC(=O)c2cccc(NS(=O)(=O)c3ccccc3)c2)c1. The minimum atomic E-state index is -3.72. The molecule has 144 valence electrons. The van der Waals surface area contributed by atoms with Crippen molar-refractivity contribution in [1.29, 1.82) is 0 Å². The maximum Gasteiger partial charge on any atom is 0.261 e. The van der Waals surface area contributed by atoms with Gasteiger partial charge in [0.1, 0.15) is 0 Å². The molecule has 0 spiro atoms. The molecule has 7 heteroatoms. The van der Waals surface area contributed by atoms with E-state index in [0.717, 1.165) is 5.56 Å². The van der Waals surface area contributed by atoms with Crippen LogP contribution in [0.15, 0.2) is 83.8 Å². The highest BCUT2D eigenvalue weighted by atomic mass is 32.2. The van der Waals surface area contributed by atoms with Crippen molar-refractivity contribution in [2.75, 3.05) is 17.1 Å². The highest BCUT2D eigenvalue weighted by Gasteiger charge is 2.14. The first-order valence-electron chi connectivity index (χ1n) is 8.55. The monoisotopic (exact) mass is 396 g/mol. The molecule has 3 aromatic rings. The molecule has 3 rings (SSSR count). The van der Waals surface area contributed by atoms with Crippen LogP contribution in [-0.2, 0) is 21.4 Å². The first kappa shape index (κ1) is 19.6. The van der Waals surface area contributed by atoms with Crippen LogP contribution >= 0.6 is 0 Å². The van der Waals surface area contributed by atoms with E-state index >= 15 is 0 Å². The maximum atomic E-state index is 12.6. The molecule has 0 bridgehead atoms. The van der Waals surface area contributed by atoms with Crippen LogP contribution in [-0.4, -0.2) is 21.4 Å². The topological polar surface area (TPSA) is 84.5 Å².